The van der Waals surface area contributed by atoms with E-state index in [1.807, 2.05) is 33.8 Å². The summed E-state index contributed by atoms with van der Waals surface area (Å²) in [6.45, 7) is 12.1. The number of unbranched alkanes of at least 4 members (excludes halogenated alkanes) is 4. The average Bonchev–Trinajstić information content (AvgIpc) is 2.25. The molecule has 3 heteroatoms. The lowest BCUT2D eigenvalue weighted by Crippen LogP contribution is -2.39. The molecule has 106 valence electrons. The van der Waals surface area contributed by atoms with E-state index in [4.69, 9.17) is 4.74 Å². The Balaban J connectivity index is 3.55. The van der Waals surface area contributed by atoms with E-state index in [-0.39, 0.29) is 12.0 Å². The third kappa shape index (κ3) is 10.3. The first-order chi connectivity index (χ1) is 8.37. The normalized spacial score (nSPS) is 13.1. The zero-order chi connectivity index (χ0) is 14.0. The van der Waals surface area contributed by atoms with Crippen LogP contribution >= 0.6 is 0 Å². The molecule has 1 N–H and O–H groups in total. The van der Waals surface area contributed by atoms with Gasteiger partial charge >= 0.3 is 5.97 Å². The first-order valence-corrected chi connectivity index (χ1v) is 6.94. The molecule has 0 radical (unpaired) electrons. The maximum atomic E-state index is 11.7. The van der Waals surface area contributed by atoms with Gasteiger partial charge in [0.2, 0.25) is 0 Å². The Morgan fingerprint density at radius 3 is 2.44 bits per heavy atom. The highest BCUT2D eigenvalue weighted by molar-refractivity contribution is 5.75. The molecule has 0 fully saturated rings. The van der Waals surface area contributed by atoms with Gasteiger partial charge in [0, 0.05) is 0 Å². The number of ether oxygens (including phenoxy) is 1. The lowest BCUT2D eigenvalue weighted by atomic mass is 10.1. The predicted octanol–water partition coefficient (Wildman–Crippen LogP) is 3.44. The Bertz CT molecular complexity index is 243. The van der Waals surface area contributed by atoms with Crippen molar-refractivity contribution >= 4 is 5.97 Å². The van der Waals surface area contributed by atoms with Crippen LogP contribution in [0.25, 0.3) is 0 Å². The van der Waals surface area contributed by atoms with Gasteiger partial charge in [-0.25, -0.2) is 0 Å². The maximum absolute atomic E-state index is 11.7. The van der Waals surface area contributed by atoms with Crippen LogP contribution in [0.4, 0.5) is 0 Å². The van der Waals surface area contributed by atoms with Crippen molar-refractivity contribution in [2.75, 3.05) is 6.54 Å². The number of esters is 1. The SMILES string of the molecule is C=CCCCCCCN[C@H](C)C(=O)OC(C)(C)C. The van der Waals surface area contributed by atoms with Gasteiger partial charge in [-0.2, -0.15) is 0 Å². The van der Waals surface area contributed by atoms with E-state index in [0.717, 1.165) is 19.4 Å². The number of rotatable bonds is 9. The van der Waals surface area contributed by atoms with Crippen LogP contribution in [0.3, 0.4) is 0 Å². The van der Waals surface area contributed by atoms with Crippen molar-refractivity contribution < 1.29 is 9.53 Å². The summed E-state index contributed by atoms with van der Waals surface area (Å²) in [6, 6.07) is -0.225. The van der Waals surface area contributed by atoms with Crippen molar-refractivity contribution in [3.63, 3.8) is 0 Å². The van der Waals surface area contributed by atoms with Gasteiger partial charge < -0.3 is 10.1 Å². The molecule has 0 unspecified atom stereocenters. The standard InChI is InChI=1S/C15H29NO2/c1-6-7-8-9-10-11-12-16-13(2)14(17)18-15(3,4)5/h6,13,16H,1,7-12H2,2-5H3/t13-/m1/s1. The van der Waals surface area contributed by atoms with Gasteiger partial charge in [0.1, 0.15) is 11.6 Å². The first kappa shape index (κ1) is 17.2. The lowest BCUT2D eigenvalue weighted by Gasteiger charge is -2.22. The molecule has 18 heavy (non-hydrogen) atoms. The van der Waals surface area contributed by atoms with Gasteiger partial charge in [0.15, 0.2) is 0 Å². The Labute approximate surface area is 112 Å². The molecule has 3 nitrogen and oxygen atoms in total. The molecule has 0 aliphatic rings. The molecular formula is C15H29NO2. The summed E-state index contributed by atoms with van der Waals surface area (Å²) < 4.78 is 5.30. The van der Waals surface area contributed by atoms with Crippen LogP contribution in [0.5, 0.6) is 0 Å². The van der Waals surface area contributed by atoms with E-state index in [1.54, 1.807) is 0 Å². The Hall–Kier alpha value is -0.830. The minimum atomic E-state index is -0.405. The van der Waals surface area contributed by atoms with Gasteiger partial charge in [-0.05, 0) is 53.5 Å². The van der Waals surface area contributed by atoms with Gasteiger partial charge in [0.05, 0.1) is 0 Å². The van der Waals surface area contributed by atoms with Gasteiger partial charge in [-0.15, -0.1) is 6.58 Å². The first-order valence-electron chi connectivity index (χ1n) is 6.94. The zero-order valence-electron chi connectivity index (χ0n) is 12.4. The smallest absolute Gasteiger partial charge is 0.323 e. The van der Waals surface area contributed by atoms with Crippen molar-refractivity contribution in [2.45, 2.75) is 71.4 Å². The number of hydrogen-bond acceptors (Lipinski definition) is 3. The molecule has 0 amide bonds. The highest BCUT2D eigenvalue weighted by atomic mass is 16.6. The van der Waals surface area contributed by atoms with Crippen LogP contribution in [0.15, 0.2) is 12.7 Å². The fraction of sp³-hybridized carbons (Fsp3) is 0.800. The third-order valence-electron chi connectivity index (χ3n) is 2.55. The van der Waals surface area contributed by atoms with Crippen LogP contribution in [0, 0.1) is 0 Å². The Morgan fingerprint density at radius 1 is 1.28 bits per heavy atom. The highest BCUT2D eigenvalue weighted by Crippen LogP contribution is 2.08. The van der Waals surface area contributed by atoms with Gasteiger partial charge in [-0.3, -0.25) is 4.79 Å². The second-order valence-electron chi connectivity index (χ2n) is 5.70. The molecule has 0 rings (SSSR count). The summed E-state index contributed by atoms with van der Waals surface area (Å²) in [5.41, 5.74) is -0.405. The average molecular weight is 255 g/mol. The van der Waals surface area contributed by atoms with E-state index in [2.05, 4.69) is 11.9 Å². The molecule has 0 aliphatic heterocycles. The van der Waals surface area contributed by atoms with E-state index in [1.165, 1.54) is 19.3 Å². The summed E-state index contributed by atoms with van der Waals surface area (Å²) >= 11 is 0. The molecule has 0 aromatic heterocycles. The van der Waals surface area contributed by atoms with Crippen LogP contribution in [0.1, 0.15) is 59.8 Å². The number of allylic oxidation sites excluding steroid dienone is 1. The molecule has 1 atom stereocenters. The number of carbonyl (C=O) groups is 1. The third-order valence-corrected chi connectivity index (χ3v) is 2.55. The van der Waals surface area contributed by atoms with Crippen molar-refractivity contribution in [2.24, 2.45) is 0 Å². The van der Waals surface area contributed by atoms with Crippen LogP contribution in [-0.2, 0) is 9.53 Å². The molecule has 0 spiro atoms. The monoisotopic (exact) mass is 255 g/mol. The van der Waals surface area contributed by atoms with Crippen LogP contribution in [0.2, 0.25) is 0 Å². The molecule has 0 saturated heterocycles. The molecule has 0 bridgehead atoms. The maximum Gasteiger partial charge on any atom is 0.323 e. The van der Waals surface area contributed by atoms with Crippen LogP contribution in [-0.4, -0.2) is 24.2 Å². The van der Waals surface area contributed by atoms with Crippen molar-refractivity contribution in [3.05, 3.63) is 12.7 Å². The summed E-state index contributed by atoms with van der Waals surface area (Å²) in [6.07, 6.45) is 7.80. The second kappa shape index (κ2) is 9.15. The number of hydrogen-bond donors (Lipinski definition) is 1. The quantitative estimate of drug-likeness (QED) is 0.389. The molecular weight excluding hydrogens is 226 g/mol. The van der Waals surface area contributed by atoms with E-state index in [0.29, 0.717) is 0 Å². The predicted molar refractivity (Wildman–Crippen MR) is 76.6 cm³/mol. The lowest BCUT2D eigenvalue weighted by molar-refractivity contribution is -0.156. The fourth-order valence-corrected chi connectivity index (χ4v) is 1.56. The molecule has 0 saturated carbocycles. The van der Waals surface area contributed by atoms with Gasteiger partial charge in [-0.1, -0.05) is 18.9 Å². The summed E-state index contributed by atoms with van der Waals surface area (Å²) in [5, 5.41) is 3.20. The zero-order valence-corrected chi connectivity index (χ0v) is 12.4. The molecule has 0 heterocycles. The molecule has 0 aliphatic carbocycles. The van der Waals surface area contributed by atoms with Crippen molar-refractivity contribution in [3.8, 4) is 0 Å². The Kier molecular flexibility index (Phi) is 8.73. The molecule has 0 aromatic rings. The van der Waals surface area contributed by atoms with Crippen molar-refractivity contribution in [1.82, 2.24) is 5.32 Å². The summed E-state index contributed by atoms with van der Waals surface area (Å²) in [5.74, 6) is -0.172. The Morgan fingerprint density at radius 2 is 1.89 bits per heavy atom. The highest BCUT2D eigenvalue weighted by Gasteiger charge is 2.20. The van der Waals surface area contributed by atoms with Gasteiger partial charge in [0.25, 0.3) is 0 Å². The number of nitrogens with one attached hydrogen (secondary N) is 1. The summed E-state index contributed by atoms with van der Waals surface area (Å²) in [4.78, 5) is 11.7. The van der Waals surface area contributed by atoms with E-state index >= 15 is 0 Å². The number of carbonyl (C=O) groups excluding carboxylic acids is 1. The van der Waals surface area contributed by atoms with Crippen LogP contribution < -0.4 is 5.32 Å². The fourth-order valence-electron chi connectivity index (χ4n) is 1.56. The van der Waals surface area contributed by atoms with E-state index < -0.39 is 5.60 Å². The largest absolute Gasteiger partial charge is 0.459 e. The van der Waals surface area contributed by atoms with E-state index in [9.17, 15) is 4.79 Å². The second-order valence-corrected chi connectivity index (χ2v) is 5.70. The minimum absolute atomic E-state index is 0.172. The molecule has 0 aromatic carbocycles. The topological polar surface area (TPSA) is 38.3 Å². The minimum Gasteiger partial charge on any atom is -0.459 e. The van der Waals surface area contributed by atoms with Crippen molar-refractivity contribution in [1.29, 1.82) is 0 Å². The summed E-state index contributed by atoms with van der Waals surface area (Å²) in [7, 11) is 0.